The van der Waals surface area contributed by atoms with Gasteiger partial charge in [0.2, 0.25) is 5.91 Å². The van der Waals surface area contributed by atoms with E-state index in [2.05, 4.69) is 63.3 Å². The monoisotopic (exact) mass is 507 g/mol. The summed E-state index contributed by atoms with van der Waals surface area (Å²) in [6, 6.07) is 12.4. The third kappa shape index (κ3) is 4.86. The van der Waals surface area contributed by atoms with Crippen LogP contribution in [-0.2, 0) is 4.79 Å². The van der Waals surface area contributed by atoms with E-state index in [1.807, 2.05) is 36.7 Å². The molecule has 0 atom stereocenters. The van der Waals surface area contributed by atoms with Gasteiger partial charge in [0.15, 0.2) is 0 Å². The summed E-state index contributed by atoms with van der Waals surface area (Å²) >= 11 is 0. The molecule has 8 heteroatoms. The molecule has 1 aliphatic heterocycles. The van der Waals surface area contributed by atoms with E-state index in [0.717, 1.165) is 63.2 Å². The van der Waals surface area contributed by atoms with Crippen LogP contribution in [0.3, 0.4) is 0 Å². The van der Waals surface area contributed by atoms with E-state index in [-0.39, 0.29) is 11.3 Å². The average Bonchev–Trinajstić information content (AvgIpc) is 3.51. The minimum absolute atomic E-state index is 0.0127. The summed E-state index contributed by atoms with van der Waals surface area (Å²) in [5.74, 6) is 1.03. The minimum atomic E-state index is -0.0783. The van der Waals surface area contributed by atoms with Crippen molar-refractivity contribution in [2.24, 2.45) is 5.41 Å². The molecule has 5 heterocycles. The van der Waals surface area contributed by atoms with Gasteiger partial charge in [-0.05, 0) is 60.6 Å². The molecule has 1 fully saturated rings. The summed E-state index contributed by atoms with van der Waals surface area (Å²) in [5, 5.41) is 13.0. The second kappa shape index (κ2) is 9.59. The molecule has 0 aliphatic carbocycles. The molecule has 1 aromatic carbocycles. The first kappa shape index (κ1) is 24.2. The van der Waals surface area contributed by atoms with Crippen molar-refractivity contribution in [2.75, 3.05) is 23.3 Å². The van der Waals surface area contributed by atoms with Gasteiger partial charge < -0.3 is 15.2 Å². The molecule has 38 heavy (non-hydrogen) atoms. The Morgan fingerprint density at radius 3 is 2.63 bits per heavy atom. The van der Waals surface area contributed by atoms with Crippen molar-refractivity contribution >= 4 is 39.2 Å². The van der Waals surface area contributed by atoms with Gasteiger partial charge in [0.05, 0.1) is 28.6 Å². The summed E-state index contributed by atoms with van der Waals surface area (Å²) < 4.78 is 0. The van der Waals surface area contributed by atoms with Crippen molar-refractivity contribution in [2.45, 2.75) is 46.5 Å². The molecule has 1 saturated heterocycles. The number of hydrogen-bond acceptors (Lipinski definition) is 5. The number of nitrogens with one attached hydrogen (secondary N) is 3. The summed E-state index contributed by atoms with van der Waals surface area (Å²) in [5.41, 5.74) is 6.39. The van der Waals surface area contributed by atoms with Crippen LogP contribution in [-0.4, -0.2) is 44.1 Å². The summed E-state index contributed by atoms with van der Waals surface area (Å²) in [4.78, 5) is 27.5. The molecule has 3 N–H and O–H groups in total. The zero-order chi connectivity index (χ0) is 26.3. The minimum Gasteiger partial charge on any atom is -0.356 e. The van der Waals surface area contributed by atoms with E-state index < -0.39 is 0 Å². The maximum Gasteiger partial charge on any atom is 0.224 e. The average molecular weight is 508 g/mol. The van der Waals surface area contributed by atoms with Crippen LogP contribution < -0.4 is 10.2 Å². The second-order valence-corrected chi connectivity index (χ2v) is 11.4. The molecular weight excluding hydrogens is 474 g/mol. The standard InChI is InChI=1S/C30H33N7O/c1-30(2,3)16-27(38)33-21-13-20(17-31-18-21)19-7-8-25-22(14-19)28(36-35-25)26-15-23-24(34-26)9-10-32-29(23)37-11-5-4-6-12-37/h7-10,13-15,17-18,34H,4-6,11-12,16H2,1-3H3,(H,33,38)(H,35,36). The zero-order valence-corrected chi connectivity index (χ0v) is 22.1. The maximum absolute atomic E-state index is 12.5. The van der Waals surface area contributed by atoms with Crippen molar-refractivity contribution in [3.05, 3.63) is 55.0 Å². The molecule has 194 valence electrons. The first-order chi connectivity index (χ1) is 18.3. The molecule has 1 amide bonds. The molecule has 1 aliphatic rings. The fraction of sp³-hybridized carbons (Fsp3) is 0.333. The summed E-state index contributed by atoms with van der Waals surface area (Å²) in [6.45, 7) is 8.25. The van der Waals surface area contributed by atoms with Gasteiger partial charge in [-0.2, -0.15) is 5.10 Å². The van der Waals surface area contributed by atoms with Crippen LogP contribution in [0.2, 0.25) is 0 Å². The Morgan fingerprint density at radius 2 is 1.82 bits per heavy atom. The number of rotatable bonds is 5. The SMILES string of the molecule is CC(C)(C)CC(=O)Nc1cncc(-c2ccc3[nH]nc(-c4cc5c(N6CCCCC6)nccc5[nH]4)c3c2)c1. The van der Waals surface area contributed by atoms with Crippen LogP contribution in [0.5, 0.6) is 0 Å². The van der Waals surface area contributed by atoms with Gasteiger partial charge in [0.1, 0.15) is 11.5 Å². The van der Waals surface area contributed by atoms with E-state index >= 15 is 0 Å². The number of hydrogen-bond donors (Lipinski definition) is 3. The summed E-state index contributed by atoms with van der Waals surface area (Å²) in [7, 11) is 0. The highest BCUT2D eigenvalue weighted by molar-refractivity contribution is 6.00. The van der Waals surface area contributed by atoms with Gasteiger partial charge in [0.25, 0.3) is 0 Å². The lowest BCUT2D eigenvalue weighted by Gasteiger charge is -2.28. The van der Waals surface area contributed by atoms with Crippen LogP contribution in [0.1, 0.15) is 46.5 Å². The molecule has 0 spiro atoms. The van der Waals surface area contributed by atoms with Crippen molar-refractivity contribution in [3.63, 3.8) is 0 Å². The van der Waals surface area contributed by atoms with Crippen LogP contribution in [0.15, 0.2) is 55.0 Å². The largest absolute Gasteiger partial charge is 0.356 e. The molecule has 0 bridgehead atoms. The zero-order valence-electron chi connectivity index (χ0n) is 22.1. The van der Waals surface area contributed by atoms with E-state index in [0.29, 0.717) is 12.1 Å². The number of nitrogens with zero attached hydrogens (tertiary/aromatic N) is 4. The number of anilines is 2. The third-order valence-corrected chi connectivity index (χ3v) is 7.05. The van der Waals surface area contributed by atoms with Crippen molar-refractivity contribution in [1.29, 1.82) is 0 Å². The number of amides is 1. The molecule has 6 rings (SSSR count). The second-order valence-electron chi connectivity index (χ2n) is 11.4. The number of benzene rings is 1. The quantitative estimate of drug-likeness (QED) is 0.251. The van der Waals surface area contributed by atoms with Gasteiger partial charge >= 0.3 is 0 Å². The number of fused-ring (bicyclic) bond motifs is 2. The highest BCUT2D eigenvalue weighted by Crippen LogP contribution is 2.35. The van der Waals surface area contributed by atoms with Gasteiger partial charge in [-0.25, -0.2) is 4.98 Å². The lowest BCUT2D eigenvalue weighted by atomic mass is 9.92. The van der Waals surface area contributed by atoms with E-state index in [4.69, 9.17) is 4.98 Å². The predicted molar refractivity (Wildman–Crippen MR) is 153 cm³/mol. The van der Waals surface area contributed by atoms with Crippen LogP contribution in [0.25, 0.3) is 44.3 Å². The molecule has 0 radical (unpaired) electrons. The number of aromatic amines is 2. The first-order valence-corrected chi connectivity index (χ1v) is 13.3. The first-order valence-electron chi connectivity index (χ1n) is 13.3. The highest BCUT2D eigenvalue weighted by atomic mass is 16.1. The third-order valence-electron chi connectivity index (χ3n) is 7.05. The van der Waals surface area contributed by atoms with Gasteiger partial charge in [-0.15, -0.1) is 0 Å². The fourth-order valence-electron chi connectivity index (χ4n) is 5.28. The lowest BCUT2D eigenvalue weighted by molar-refractivity contribution is -0.117. The molecule has 0 unspecified atom stereocenters. The van der Waals surface area contributed by atoms with Gasteiger partial charge in [0, 0.05) is 48.2 Å². The highest BCUT2D eigenvalue weighted by Gasteiger charge is 2.19. The van der Waals surface area contributed by atoms with E-state index in [1.165, 1.54) is 19.3 Å². The number of carbonyl (C=O) groups excluding carboxylic acids is 1. The number of carbonyl (C=O) groups is 1. The Bertz CT molecular complexity index is 1620. The Morgan fingerprint density at radius 1 is 0.974 bits per heavy atom. The smallest absolute Gasteiger partial charge is 0.224 e. The van der Waals surface area contributed by atoms with Crippen molar-refractivity contribution in [1.82, 2.24) is 25.1 Å². The molecule has 4 aromatic heterocycles. The van der Waals surface area contributed by atoms with Crippen LogP contribution in [0, 0.1) is 5.41 Å². The van der Waals surface area contributed by atoms with Gasteiger partial charge in [-0.3, -0.25) is 14.9 Å². The topological polar surface area (TPSA) is 103 Å². The Hall–Kier alpha value is -4.20. The number of piperidine rings is 1. The molecule has 5 aromatic rings. The van der Waals surface area contributed by atoms with Crippen molar-refractivity contribution in [3.8, 4) is 22.5 Å². The number of aromatic nitrogens is 5. The van der Waals surface area contributed by atoms with E-state index in [9.17, 15) is 4.79 Å². The number of pyridine rings is 2. The Kier molecular flexibility index (Phi) is 6.10. The lowest BCUT2D eigenvalue weighted by Crippen LogP contribution is -2.30. The van der Waals surface area contributed by atoms with Gasteiger partial charge in [-0.1, -0.05) is 26.8 Å². The fourth-order valence-corrected chi connectivity index (χ4v) is 5.28. The van der Waals surface area contributed by atoms with Crippen molar-refractivity contribution < 1.29 is 4.79 Å². The maximum atomic E-state index is 12.5. The van der Waals surface area contributed by atoms with Crippen LogP contribution >= 0.6 is 0 Å². The summed E-state index contributed by atoms with van der Waals surface area (Å²) in [6.07, 6.45) is 9.53. The normalized spacial score (nSPS) is 14.3. The molecule has 8 nitrogen and oxygen atoms in total. The molecular formula is C30H33N7O. The Balaban J connectivity index is 1.33. The number of H-pyrrole nitrogens is 2. The predicted octanol–water partition coefficient (Wildman–Crippen LogP) is 6.53. The molecule has 0 saturated carbocycles. The van der Waals surface area contributed by atoms with Crippen LogP contribution in [0.4, 0.5) is 11.5 Å². The Labute approximate surface area is 221 Å². The van der Waals surface area contributed by atoms with E-state index in [1.54, 1.807) is 6.20 Å².